The van der Waals surface area contributed by atoms with Crippen molar-refractivity contribution in [2.75, 3.05) is 7.05 Å². The van der Waals surface area contributed by atoms with E-state index in [2.05, 4.69) is 10.2 Å². The first-order valence-corrected chi connectivity index (χ1v) is 6.10. The minimum Gasteiger partial charge on any atom is -0.480 e. The Morgan fingerprint density at radius 3 is 2.53 bits per heavy atom. The van der Waals surface area contributed by atoms with Gasteiger partial charge >= 0.3 is 5.97 Å². The van der Waals surface area contributed by atoms with E-state index in [4.69, 9.17) is 4.42 Å². The summed E-state index contributed by atoms with van der Waals surface area (Å²) in [6, 6.07) is -0.716. The monoisotopic (exact) mass is 267 g/mol. The van der Waals surface area contributed by atoms with Gasteiger partial charge in [-0.15, -0.1) is 10.2 Å². The predicted octanol–water partition coefficient (Wildman–Crippen LogP) is 1.87. The van der Waals surface area contributed by atoms with Crippen molar-refractivity contribution in [3.8, 4) is 0 Å². The molecule has 1 atom stereocenters. The molecule has 0 aliphatic carbocycles. The Morgan fingerprint density at radius 2 is 2.11 bits per heavy atom. The molecule has 1 heterocycles. The maximum absolute atomic E-state index is 11.3. The van der Waals surface area contributed by atoms with Gasteiger partial charge in [0.2, 0.25) is 11.8 Å². The molecule has 0 fully saturated rings. The van der Waals surface area contributed by atoms with Crippen molar-refractivity contribution < 1.29 is 14.3 Å². The highest BCUT2D eigenvalue weighted by Crippen LogP contribution is 2.16. The minimum atomic E-state index is -0.903. The molecule has 6 heteroatoms. The summed E-state index contributed by atoms with van der Waals surface area (Å²) >= 11 is 0. The number of aliphatic carboxylic acids is 1. The summed E-state index contributed by atoms with van der Waals surface area (Å²) in [5.74, 6) is -0.0184. The van der Waals surface area contributed by atoms with Gasteiger partial charge in [0.15, 0.2) is 0 Å². The standard InChI is InChI=1S/C13H21N3O3/c1-9-14-15-11(19-9)8-16(5)10(12(17)18)6-7-13(2,3)4/h6-7,10H,8H2,1-5H3,(H,17,18)/b7-6+/t10-/m1/s1. The first-order valence-electron chi connectivity index (χ1n) is 6.10. The van der Waals surface area contributed by atoms with Gasteiger partial charge in [-0.05, 0) is 12.5 Å². The molecule has 0 aliphatic heterocycles. The van der Waals surface area contributed by atoms with E-state index in [9.17, 15) is 9.90 Å². The second-order valence-electron chi connectivity index (χ2n) is 5.64. The molecule has 106 valence electrons. The molecular formula is C13H21N3O3. The van der Waals surface area contributed by atoms with Crippen LogP contribution in [-0.2, 0) is 11.3 Å². The largest absolute Gasteiger partial charge is 0.480 e. The number of aryl methyl sites for hydroxylation is 1. The third-order valence-electron chi connectivity index (χ3n) is 2.46. The number of nitrogens with zero attached hydrogens (tertiary/aromatic N) is 3. The molecule has 0 spiro atoms. The quantitative estimate of drug-likeness (QED) is 0.820. The fourth-order valence-electron chi connectivity index (χ4n) is 1.51. The SMILES string of the molecule is Cc1nnc(CN(C)[C@H](/C=C/C(C)(C)C)C(=O)O)o1. The number of carbonyl (C=O) groups is 1. The third-order valence-corrected chi connectivity index (χ3v) is 2.46. The number of carboxylic acids is 1. The van der Waals surface area contributed by atoms with Crippen LogP contribution in [0.15, 0.2) is 16.6 Å². The van der Waals surface area contributed by atoms with E-state index < -0.39 is 12.0 Å². The van der Waals surface area contributed by atoms with Crippen LogP contribution >= 0.6 is 0 Å². The lowest BCUT2D eigenvalue weighted by atomic mass is 9.95. The maximum atomic E-state index is 11.3. The van der Waals surface area contributed by atoms with Crippen LogP contribution in [0, 0.1) is 12.3 Å². The summed E-state index contributed by atoms with van der Waals surface area (Å²) in [6.07, 6.45) is 3.58. The number of hydrogen-bond donors (Lipinski definition) is 1. The number of rotatable bonds is 5. The average Bonchev–Trinajstić information content (AvgIpc) is 2.61. The van der Waals surface area contributed by atoms with Crippen molar-refractivity contribution in [1.82, 2.24) is 15.1 Å². The molecule has 19 heavy (non-hydrogen) atoms. The van der Waals surface area contributed by atoms with Crippen LogP contribution in [0.1, 0.15) is 32.6 Å². The summed E-state index contributed by atoms with van der Waals surface area (Å²) < 4.78 is 5.25. The average molecular weight is 267 g/mol. The van der Waals surface area contributed by atoms with Crippen molar-refractivity contribution in [2.24, 2.45) is 5.41 Å². The number of allylic oxidation sites excluding steroid dienone is 1. The van der Waals surface area contributed by atoms with E-state index in [1.54, 1.807) is 24.9 Å². The highest BCUT2D eigenvalue weighted by molar-refractivity contribution is 5.75. The van der Waals surface area contributed by atoms with Crippen LogP contribution in [0.5, 0.6) is 0 Å². The zero-order valence-corrected chi connectivity index (χ0v) is 12.0. The smallest absolute Gasteiger partial charge is 0.324 e. The first-order chi connectivity index (χ1) is 8.69. The molecule has 1 rings (SSSR count). The molecule has 6 nitrogen and oxygen atoms in total. The zero-order chi connectivity index (χ0) is 14.6. The Labute approximate surface area is 113 Å². The van der Waals surface area contributed by atoms with E-state index in [0.717, 1.165) is 0 Å². The summed E-state index contributed by atoms with van der Waals surface area (Å²) in [7, 11) is 1.71. The molecule has 0 saturated carbocycles. The van der Waals surface area contributed by atoms with Crippen molar-refractivity contribution >= 4 is 5.97 Å². The summed E-state index contributed by atoms with van der Waals surface area (Å²) in [5.41, 5.74) is -0.0599. The van der Waals surface area contributed by atoms with Crippen molar-refractivity contribution in [3.05, 3.63) is 23.9 Å². The van der Waals surface area contributed by atoms with Gasteiger partial charge in [-0.25, -0.2) is 0 Å². The second-order valence-corrected chi connectivity index (χ2v) is 5.64. The van der Waals surface area contributed by atoms with Gasteiger partial charge in [0.05, 0.1) is 6.54 Å². The molecule has 0 aromatic carbocycles. The molecule has 0 radical (unpaired) electrons. The Balaban J connectivity index is 2.76. The van der Waals surface area contributed by atoms with Gasteiger partial charge in [0.1, 0.15) is 6.04 Å². The number of carboxylic acid groups (broad SMARTS) is 1. The van der Waals surface area contributed by atoms with Crippen molar-refractivity contribution in [1.29, 1.82) is 0 Å². The van der Waals surface area contributed by atoms with Gasteiger partial charge in [-0.2, -0.15) is 0 Å². The van der Waals surface area contributed by atoms with E-state index in [1.165, 1.54) is 0 Å². The van der Waals surface area contributed by atoms with Crippen molar-refractivity contribution in [2.45, 2.75) is 40.3 Å². The Morgan fingerprint density at radius 1 is 1.47 bits per heavy atom. The predicted molar refractivity (Wildman–Crippen MR) is 70.5 cm³/mol. The number of hydrogen-bond acceptors (Lipinski definition) is 5. The number of likely N-dealkylation sites (N-methyl/N-ethyl adjacent to an activating group) is 1. The lowest BCUT2D eigenvalue weighted by Gasteiger charge is -2.21. The van der Waals surface area contributed by atoms with Crippen LogP contribution in [0.25, 0.3) is 0 Å². The van der Waals surface area contributed by atoms with E-state index in [0.29, 0.717) is 18.3 Å². The summed E-state index contributed by atoms with van der Waals surface area (Å²) in [6.45, 7) is 8.05. The highest BCUT2D eigenvalue weighted by atomic mass is 16.4. The normalized spacial score (nSPS) is 14.2. The highest BCUT2D eigenvalue weighted by Gasteiger charge is 2.22. The summed E-state index contributed by atoms with van der Waals surface area (Å²) in [5, 5.41) is 16.8. The van der Waals surface area contributed by atoms with Crippen LogP contribution in [0.4, 0.5) is 0 Å². The van der Waals surface area contributed by atoms with E-state index in [-0.39, 0.29) is 5.41 Å². The lowest BCUT2D eigenvalue weighted by Crippen LogP contribution is -2.36. The van der Waals surface area contributed by atoms with Crippen LogP contribution in [0.2, 0.25) is 0 Å². The van der Waals surface area contributed by atoms with Gasteiger partial charge in [0.25, 0.3) is 0 Å². The molecule has 1 aromatic heterocycles. The lowest BCUT2D eigenvalue weighted by molar-refractivity contribution is -0.141. The molecule has 0 unspecified atom stereocenters. The van der Waals surface area contributed by atoms with Crippen molar-refractivity contribution in [3.63, 3.8) is 0 Å². The molecule has 0 aliphatic rings. The van der Waals surface area contributed by atoms with Gasteiger partial charge < -0.3 is 9.52 Å². The first kappa shape index (κ1) is 15.4. The van der Waals surface area contributed by atoms with Gasteiger partial charge in [0, 0.05) is 6.92 Å². The van der Waals surface area contributed by atoms with Gasteiger partial charge in [-0.3, -0.25) is 9.69 Å². The fourth-order valence-corrected chi connectivity index (χ4v) is 1.51. The number of aromatic nitrogens is 2. The molecular weight excluding hydrogens is 246 g/mol. The third kappa shape index (κ3) is 5.21. The Bertz CT molecular complexity index is 460. The maximum Gasteiger partial charge on any atom is 0.324 e. The Hall–Kier alpha value is -1.69. The molecule has 0 saturated heterocycles. The minimum absolute atomic E-state index is 0.0599. The molecule has 1 N–H and O–H groups in total. The molecule has 0 bridgehead atoms. The summed E-state index contributed by atoms with van der Waals surface area (Å²) in [4.78, 5) is 12.9. The molecule has 0 amide bonds. The van der Waals surface area contributed by atoms with Crippen LogP contribution < -0.4 is 0 Å². The zero-order valence-electron chi connectivity index (χ0n) is 12.0. The van der Waals surface area contributed by atoms with Crippen LogP contribution in [0.3, 0.4) is 0 Å². The topological polar surface area (TPSA) is 79.5 Å². The second kappa shape index (κ2) is 5.97. The molecule has 1 aromatic rings. The van der Waals surface area contributed by atoms with E-state index in [1.807, 2.05) is 26.8 Å². The Kier molecular flexibility index (Phi) is 4.83. The fraction of sp³-hybridized carbons (Fsp3) is 0.615. The van der Waals surface area contributed by atoms with Crippen LogP contribution in [-0.4, -0.2) is 39.3 Å². The van der Waals surface area contributed by atoms with Gasteiger partial charge in [-0.1, -0.05) is 32.9 Å². The van der Waals surface area contributed by atoms with E-state index >= 15 is 0 Å².